The van der Waals surface area contributed by atoms with Gasteiger partial charge in [0.15, 0.2) is 0 Å². The zero-order valence-electron chi connectivity index (χ0n) is 13.5. The molecule has 0 heterocycles. The van der Waals surface area contributed by atoms with E-state index in [1.54, 1.807) is 6.08 Å². The van der Waals surface area contributed by atoms with Crippen LogP contribution >= 0.6 is 0 Å². The average molecular weight is 302 g/mol. The standard InChI is InChI=1S/C19H16O.C3H6/c1-3-7-16(8-4-1)15-20-19-13-11-18(12-14-19)17-9-5-2-6-10-17;1-3-2/h1-14H,15H2;3H,1H2,2H3. The lowest BCUT2D eigenvalue weighted by atomic mass is 10.1. The lowest BCUT2D eigenvalue weighted by molar-refractivity contribution is 0.306. The predicted octanol–water partition coefficient (Wildman–Crippen LogP) is 6.12. The summed E-state index contributed by atoms with van der Waals surface area (Å²) >= 11 is 0. The Morgan fingerprint density at radius 3 is 1.78 bits per heavy atom. The Hall–Kier alpha value is -2.80. The van der Waals surface area contributed by atoms with Crippen LogP contribution in [-0.2, 0) is 6.61 Å². The van der Waals surface area contributed by atoms with Gasteiger partial charge in [0.2, 0.25) is 0 Å². The van der Waals surface area contributed by atoms with Crippen LogP contribution in [0.2, 0.25) is 0 Å². The number of benzene rings is 3. The average Bonchev–Trinajstić information content (AvgIpc) is 2.63. The first-order valence-electron chi connectivity index (χ1n) is 7.72. The minimum Gasteiger partial charge on any atom is -0.489 e. The maximum absolute atomic E-state index is 5.78. The molecule has 3 aromatic carbocycles. The molecule has 0 N–H and O–H groups in total. The van der Waals surface area contributed by atoms with Crippen molar-refractivity contribution in [3.05, 3.63) is 103 Å². The normalized spacial score (nSPS) is 9.43. The van der Waals surface area contributed by atoms with Gasteiger partial charge in [0.25, 0.3) is 0 Å². The smallest absolute Gasteiger partial charge is 0.119 e. The monoisotopic (exact) mass is 302 g/mol. The van der Waals surface area contributed by atoms with Crippen molar-refractivity contribution in [1.29, 1.82) is 0 Å². The molecule has 0 bridgehead atoms. The number of hydrogen-bond donors (Lipinski definition) is 0. The van der Waals surface area contributed by atoms with Crippen LogP contribution in [0.3, 0.4) is 0 Å². The van der Waals surface area contributed by atoms with E-state index in [-0.39, 0.29) is 0 Å². The summed E-state index contributed by atoms with van der Waals surface area (Å²) in [6, 6.07) is 28.8. The Labute approximate surface area is 138 Å². The van der Waals surface area contributed by atoms with Crippen molar-refractivity contribution in [1.82, 2.24) is 0 Å². The highest BCUT2D eigenvalue weighted by Gasteiger charge is 1.98. The maximum Gasteiger partial charge on any atom is 0.119 e. The highest BCUT2D eigenvalue weighted by molar-refractivity contribution is 5.63. The second-order valence-electron chi connectivity index (χ2n) is 5.07. The first kappa shape index (κ1) is 16.6. The molecule has 0 radical (unpaired) electrons. The zero-order valence-corrected chi connectivity index (χ0v) is 13.5. The van der Waals surface area contributed by atoms with Crippen LogP contribution < -0.4 is 4.74 Å². The van der Waals surface area contributed by atoms with Gasteiger partial charge < -0.3 is 4.74 Å². The van der Waals surface area contributed by atoms with Gasteiger partial charge in [-0.2, -0.15) is 0 Å². The molecule has 1 heteroatoms. The number of hydrogen-bond acceptors (Lipinski definition) is 1. The predicted molar refractivity (Wildman–Crippen MR) is 98.5 cm³/mol. The third kappa shape index (κ3) is 5.48. The molecule has 0 spiro atoms. The van der Waals surface area contributed by atoms with E-state index in [4.69, 9.17) is 4.74 Å². The van der Waals surface area contributed by atoms with Crippen LogP contribution in [0.5, 0.6) is 5.75 Å². The van der Waals surface area contributed by atoms with Crippen molar-refractivity contribution >= 4 is 0 Å². The van der Waals surface area contributed by atoms with Gasteiger partial charge in [-0.3, -0.25) is 0 Å². The van der Waals surface area contributed by atoms with Gasteiger partial charge in [0, 0.05) is 0 Å². The molecule has 0 aliphatic carbocycles. The summed E-state index contributed by atoms with van der Waals surface area (Å²) in [5, 5.41) is 0. The Balaban J connectivity index is 0.000000595. The number of rotatable bonds is 4. The molecule has 0 aliphatic rings. The SMILES string of the molecule is C=CC.c1ccc(COc2ccc(-c3ccccc3)cc2)cc1. The van der Waals surface area contributed by atoms with Gasteiger partial charge in [0.1, 0.15) is 12.4 Å². The van der Waals surface area contributed by atoms with Crippen molar-refractivity contribution in [2.45, 2.75) is 13.5 Å². The topological polar surface area (TPSA) is 9.23 Å². The second-order valence-corrected chi connectivity index (χ2v) is 5.07. The van der Waals surface area contributed by atoms with Crippen LogP contribution in [0.25, 0.3) is 11.1 Å². The third-order valence-corrected chi connectivity index (χ3v) is 3.21. The molecule has 23 heavy (non-hydrogen) atoms. The van der Waals surface area contributed by atoms with Crippen LogP contribution in [0.15, 0.2) is 97.6 Å². The summed E-state index contributed by atoms with van der Waals surface area (Å²) in [6.45, 7) is 5.85. The fourth-order valence-electron chi connectivity index (χ4n) is 2.12. The summed E-state index contributed by atoms with van der Waals surface area (Å²) in [6.07, 6.45) is 1.75. The molecule has 0 unspecified atom stereocenters. The molecule has 0 saturated heterocycles. The van der Waals surface area contributed by atoms with Crippen LogP contribution in [0.4, 0.5) is 0 Å². The van der Waals surface area contributed by atoms with Crippen molar-refractivity contribution in [2.75, 3.05) is 0 Å². The highest BCUT2D eigenvalue weighted by Crippen LogP contribution is 2.22. The Kier molecular flexibility index (Phi) is 6.67. The molecule has 0 amide bonds. The highest BCUT2D eigenvalue weighted by atomic mass is 16.5. The van der Waals surface area contributed by atoms with E-state index in [1.807, 2.05) is 43.3 Å². The summed E-state index contributed by atoms with van der Waals surface area (Å²) < 4.78 is 5.78. The summed E-state index contributed by atoms with van der Waals surface area (Å²) in [4.78, 5) is 0. The molecule has 0 aromatic heterocycles. The fourth-order valence-corrected chi connectivity index (χ4v) is 2.12. The number of ether oxygens (including phenoxy) is 1. The van der Waals surface area contributed by atoms with Gasteiger partial charge in [-0.05, 0) is 35.7 Å². The quantitative estimate of drug-likeness (QED) is 0.527. The van der Waals surface area contributed by atoms with E-state index in [0.29, 0.717) is 6.61 Å². The van der Waals surface area contributed by atoms with Crippen molar-refractivity contribution < 1.29 is 4.74 Å². The minimum atomic E-state index is 0.603. The van der Waals surface area contributed by atoms with Crippen molar-refractivity contribution in [3.8, 4) is 16.9 Å². The van der Waals surface area contributed by atoms with E-state index in [0.717, 1.165) is 5.75 Å². The fraction of sp³-hybridized carbons (Fsp3) is 0.0909. The lowest BCUT2D eigenvalue weighted by Crippen LogP contribution is -1.94. The van der Waals surface area contributed by atoms with Crippen molar-refractivity contribution in [3.63, 3.8) is 0 Å². The molecule has 0 fully saturated rings. The number of allylic oxidation sites excluding steroid dienone is 1. The summed E-state index contributed by atoms with van der Waals surface area (Å²) in [7, 11) is 0. The molecule has 0 saturated carbocycles. The largest absolute Gasteiger partial charge is 0.489 e. The van der Waals surface area contributed by atoms with E-state index in [9.17, 15) is 0 Å². The molecule has 116 valence electrons. The molecular formula is C22H22O. The van der Waals surface area contributed by atoms with Gasteiger partial charge in [0.05, 0.1) is 0 Å². The van der Waals surface area contributed by atoms with Crippen molar-refractivity contribution in [2.24, 2.45) is 0 Å². The van der Waals surface area contributed by atoms with E-state index in [1.165, 1.54) is 16.7 Å². The molecule has 3 rings (SSSR count). The molecule has 1 nitrogen and oxygen atoms in total. The first-order chi connectivity index (χ1) is 11.3. The van der Waals surface area contributed by atoms with Gasteiger partial charge in [-0.25, -0.2) is 0 Å². The lowest BCUT2D eigenvalue weighted by Gasteiger charge is -2.07. The Morgan fingerprint density at radius 2 is 1.22 bits per heavy atom. The zero-order chi connectivity index (χ0) is 16.3. The van der Waals surface area contributed by atoms with Crippen LogP contribution in [-0.4, -0.2) is 0 Å². The molecule has 0 aliphatic heterocycles. The van der Waals surface area contributed by atoms with Gasteiger partial charge >= 0.3 is 0 Å². The van der Waals surface area contributed by atoms with Crippen LogP contribution in [0.1, 0.15) is 12.5 Å². The first-order valence-corrected chi connectivity index (χ1v) is 7.72. The molecular weight excluding hydrogens is 280 g/mol. The summed E-state index contributed by atoms with van der Waals surface area (Å²) in [5.74, 6) is 0.897. The minimum absolute atomic E-state index is 0.603. The Morgan fingerprint density at radius 1 is 0.739 bits per heavy atom. The maximum atomic E-state index is 5.78. The van der Waals surface area contributed by atoms with Crippen LogP contribution in [0, 0.1) is 0 Å². The third-order valence-electron chi connectivity index (χ3n) is 3.21. The van der Waals surface area contributed by atoms with E-state index < -0.39 is 0 Å². The van der Waals surface area contributed by atoms with E-state index in [2.05, 4.69) is 55.1 Å². The summed E-state index contributed by atoms with van der Waals surface area (Å²) in [5.41, 5.74) is 3.61. The second kappa shape index (κ2) is 9.26. The molecule has 3 aromatic rings. The van der Waals surface area contributed by atoms with Gasteiger partial charge in [-0.15, -0.1) is 6.58 Å². The van der Waals surface area contributed by atoms with E-state index >= 15 is 0 Å². The Bertz CT molecular complexity index is 685. The van der Waals surface area contributed by atoms with Gasteiger partial charge in [-0.1, -0.05) is 78.9 Å². The molecule has 0 atom stereocenters.